The Morgan fingerprint density at radius 3 is 2.72 bits per heavy atom. The zero-order valence-electron chi connectivity index (χ0n) is 10.5. The third-order valence-electron chi connectivity index (χ3n) is 2.64. The second-order valence-corrected chi connectivity index (χ2v) is 4.37. The van der Waals surface area contributed by atoms with Crippen LogP contribution in [-0.2, 0) is 0 Å². The average molecular weight is 241 g/mol. The SMILES string of the molecule is CC(C)c1ccccc1Oc1cncc(C=O)c1. The monoisotopic (exact) mass is 241 g/mol. The van der Waals surface area contributed by atoms with Gasteiger partial charge in [-0.1, -0.05) is 32.0 Å². The molecule has 0 bridgehead atoms. The lowest BCUT2D eigenvalue weighted by atomic mass is 10.0. The number of benzene rings is 1. The van der Waals surface area contributed by atoms with E-state index in [9.17, 15) is 4.79 Å². The van der Waals surface area contributed by atoms with Crippen molar-refractivity contribution in [2.24, 2.45) is 0 Å². The molecule has 0 amide bonds. The Hall–Kier alpha value is -2.16. The van der Waals surface area contributed by atoms with Crippen LogP contribution < -0.4 is 4.74 Å². The highest BCUT2D eigenvalue weighted by atomic mass is 16.5. The second kappa shape index (κ2) is 5.45. The molecule has 3 nitrogen and oxygen atoms in total. The van der Waals surface area contributed by atoms with Crippen molar-refractivity contribution in [2.75, 3.05) is 0 Å². The lowest BCUT2D eigenvalue weighted by molar-refractivity contribution is 0.112. The molecule has 0 aliphatic carbocycles. The lowest BCUT2D eigenvalue weighted by Gasteiger charge is -2.13. The van der Waals surface area contributed by atoms with Gasteiger partial charge in [0, 0.05) is 11.8 Å². The topological polar surface area (TPSA) is 39.2 Å². The first-order valence-corrected chi connectivity index (χ1v) is 5.87. The molecule has 0 aliphatic heterocycles. The van der Waals surface area contributed by atoms with Gasteiger partial charge in [0.05, 0.1) is 6.20 Å². The van der Waals surface area contributed by atoms with E-state index in [4.69, 9.17) is 4.74 Å². The molecule has 2 aromatic rings. The van der Waals surface area contributed by atoms with Crippen LogP contribution in [0.4, 0.5) is 0 Å². The molecule has 1 aromatic carbocycles. The summed E-state index contributed by atoms with van der Waals surface area (Å²) in [4.78, 5) is 14.7. The van der Waals surface area contributed by atoms with E-state index in [0.717, 1.165) is 17.6 Å². The van der Waals surface area contributed by atoms with E-state index in [1.807, 2.05) is 24.3 Å². The van der Waals surface area contributed by atoms with Crippen molar-refractivity contribution in [2.45, 2.75) is 19.8 Å². The van der Waals surface area contributed by atoms with Crippen molar-refractivity contribution in [1.29, 1.82) is 0 Å². The summed E-state index contributed by atoms with van der Waals surface area (Å²) in [6.07, 6.45) is 3.87. The van der Waals surface area contributed by atoms with Gasteiger partial charge >= 0.3 is 0 Å². The summed E-state index contributed by atoms with van der Waals surface area (Å²) in [6.45, 7) is 4.23. The van der Waals surface area contributed by atoms with Gasteiger partial charge in [-0.3, -0.25) is 9.78 Å². The predicted octanol–water partition coefficient (Wildman–Crippen LogP) is 3.81. The van der Waals surface area contributed by atoms with Crippen LogP contribution in [0.25, 0.3) is 0 Å². The first-order chi connectivity index (χ1) is 8.70. The summed E-state index contributed by atoms with van der Waals surface area (Å²) in [6, 6.07) is 9.55. The van der Waals surface area contributed by atoms with Crippen LogP contribution in [0.5, 0.6) is 11.5 Å². The minimum absolute atomic E-state index is 0.378. The maximum Gasteiger partial charge on any atom is 0.151 e. The molecule has 0 fully saturated rings. The van der Waals surface area contributed by atoms with E-state index in [1.165, 1.54) is 6.20 Å². The molecule has 0 unspecified atom stereocenters. The molecule has 92 valence electrons. The third-order valence-corrected chi connectivity index (χ3v) is 2.64. The molecule has 18 heavy (non-hydrogen) atoms. The first kappa shape index (κ1) is 12.3. The predicted molar refractivity (Wildman–Crippen MR) is 70.2 cm³/mol. The molecule has 0 saturated carbocycles. The van der Waals surface area contributed by atoms with Crippen LogP contribution in [-0.4, -0.2) is 11.3 Å². The van der Waals surface area contributed by atoms with Crippen molar-refractivity contribution in [1.82, 2.24) is 4.98 Å². The van der Waals surface area contributed by atoms with Crippen molar-refractivity contribution < 1.29 is 9.53 Å². The summed E-state index contributed by atoms with van der Waals surface area (Å²) in [5, 5.41) is 0. The zero-order chi connectivity index (χ0) is 13.0. The number of aromatic nitrogens is 1. The van der Waals surface area contributed by atoms with Crippen LogP contribution >= 0.6 is 0 Å². The van der Waals surface area contributed by atoms with Crippen LogP contribution in [0.15, 0.2) is 42.7 Å². The van der Waals surface area contributed by atoms with Gasteiger partial charge in [0.25, 0.3) is 0 Å². The van der Waals surface area contributed by atoms with E-state index < -0.39 is 0 Å². The summed E-state index contributed by atoms with van der Waals surface area (Å²) in [7, 11) is 0. The van der Waals surface area contributed by atoms with Gasteiger partial charge in [0.1, 0.15) is 11.5 Å². The minimum Gasteiger partial charge on any atom is -0.455 e. The van der Waals surface area contributed by atoms with Gasteiger partial charge in [0.15, 0.2) is 6.29 Å². The Balaban J connectivity index is 2.30. The second-order valence-electron chi connectivity index (χ2n) is 4.37. The number of hydrogen-bond donors (Lipinski definition) is 0. The zero-order valence-corrected chi connectivity index (χ0v) is 10.5. The van der Waals surface area contributed by atoms with Gasteiger partial charge in [0.2, 0.25) is 0 Å². The van der Waals surface area contributed by atoms with E-state index in [-0.39, 0.29) is 0 Å². The summed E-state index contributed by atoms with van der Waals surface area (Å²) >= 11 is 0. The summed E-state index contributed by atoms with van der Waals surface area (Å²) in [5.41, 5.74) is 1.64. The van der Waals surface area contributed by atoms with Gasteiger partial charge < -0.3 is 4.74 Å². The summed E-state index contributed by atoms with van der Waals surface area (Å²) < 4.78 is 5.79. The van der Waals surface area contributed by atoms with E-state index >= 15 is 0 Å². The molecule has 2 rings (SSSR count). The van der Waals surface area contributed by atoms with E-state index in [2.05, 4.69) is 18.8 Å². The van der Waals surface area contributed by atoms with Crippen molar-refractivity contribution in [3.8, 4) is 11.5 Å². The Morgan fingerprint density at radius 1 is 1.22 bits per heavy atom. The van der Waals surface area contributed by atoms with Crippen LogP contribution in [0.2, 0.25) is 0 Å². The molecule has 1 heterocycles. The Bertz CT molecular complexity index is 550. The Labute approximate surface area is 106 Å². The number of para-hydroxylation sites is 1. The van der Waals surface area contributed by atoms with Gasteiger partial charge in [-0.2, -0.15) is 0 Å². The number of hydrogen-bond acceptors (Lipinski definition) is 3. The molecule has 3 heteroatoms. The molecule has 0 N–H and O–H groups in total. The number of carbonyl (C=O) groups excluding carboxylic acids is 1. The Morgan fingerprint density at radius 2 is 2.00 bits per heavy atom. The maximum atomic E-state index is 10.7. The fraction of sp³-hybridized carbons (Fsp3) is 0.200. The van der Waals surface area contributed by atoms with Crippen molar-refractivity contribution in [3.05, 3.63) is 53.9 Å². The van der Waals surface area contributed by atoms with Gasteiger partial charge in [-0.15, -0.1) is 0 Å². The highest BCUT2D eigenvalue weighted by Gasteiger charge is 2.08. The van der Waals surface area contributed by atoms with Crippen LogP contribution in [0.3, 0.4) is 0 Å². The highest BCUT2D eigenvalue weighted by Crippen LogP contribution is 2.29. The molecule has 0 aliphatic rings. The fourth-order valence-electron chi connectivity index (χ4n) is 1.73. The number of ether oxygens (including phenoxy) is 1. The smallest absolute Gasteiger partial charge is 0.151 e. The fourth-order valence-corrected chi connectivity index (χ4v) is 1.73. The lowest BCUT2D eigenvalue weighted by Crippen LogP contribution is -1.94. The standard InChI is InChI=1S/C15H15NO2/c1-11(2)14-5-3-4-6-15(14)18-13-7-12(10-17)8-16-9-13/h3-11H,1-2H3. The molecule has 0 atom stereocenters. The van der Waals surface area contributed by atoms with Gasteiger partial charge in [-0.05, 0) is 23.6 Å². The number of nitrogens with zero attached hydrogens (tertiary/aromatic N) is 1. The summed E-state index contributed by atoms with van der Waals surface area (Å²) in [5.74, 6) is 1.76. The van der Waals surface area contributed by atoms with Crippen LogP contribution in [0, 0.1) is 0 Å². The number of aldehydes is 1. The molecule has 0 spiro atoms. The molecule has 1 aromatic heterocycles. The number of carbonyl (C=O) groups is 1. The normalized spacial score (nSPS) is 10.4. The minimum atomic E-state index is 0.378. The maximum absolute atomic E-state index is 10.7. The quantitative estimate of drug-likeness (QED) is 0.764. The molecule has 0 saturated heterocycles. The highest BCUT2D eigenvalue weighted by molar-refractivity contribution is 5.74. The number of pyridine rings is 1. The number of rotatable bonds is 4. The first-order valence-electron chi connectivity index (χ1n) is 5.87. The van der Waals surface area contributed by atoms with Gasteiger partial charge in [-0.25, -0.2) is 0 Å². The molecular weight excluding hydrogens is 226 g/mol. The third kappa shape index (κ3) is 2.74. The molecular formula is C15H15NO2. The average Bonchev–Trinajstić information content (AvgIpc) is 2.39. The largest absolute Gasteiger partial charge is 0.455 e. The Kier molecular flexibility index (Phi) is 3.72. The van der Waals surface area contributed by atoms with Crippen LogP contribution in [0.1, 0.15) is 35.7 Å². The van der Waals surface area contributed by atoms with E-state index in [0.29, 0.717) is 17.2 Å². The van der Waals surface area contributed by atoms with E-state index in [1.54, 1.807) is 12.3 Å². The van der Waals surface area contributed by atoms with Crippen molar-refractivity contribution >= 4 is 6.29 Å². The molecule has 0 radical (unpaired) electrons. The van der Waals surface area contributed by atoms with Crippen molar-refractivity contribution in [3.63, 3.8) is 0 Å².